The van der Waals surface area contributed by atoms with Gasteiger partial charge in [0.25, 0.3) is 0 Å². The van der Waals surface area contributed by atoms with Crippen molar-refractivity contribution in [3.63, 3.8) is 0 Å². The third kappa shape index (κ3) is 6.26. The molecule has 2 heteroatoms. The molecule has 0 heterocycles. The Kier molecular flexibility index (Phi) is 7.06. The van der Waals surface area contributed by atoms with E-state index in [9.17, 15) is 5.11 Å². The van der Waals surface area contributed by atoms with Gasteiger partial charge in [-0.25, -0.2) is 0 Å². The van der Waals surface area contributed by atoms with Gasteiger partial charge in [0.2, 0.25) is 0 Å². The van der Waals surface area contributed by atoms with Gasteiger partial charge in [-0.2, -0.15) is 0 Å². The lowest BCUT2D eigenvalue weighted by Crippen LogP contribution is -2.01. The summed E-state index contributed by atoms with van der Waals surface area (Å²) in [4.78, 5) is 0. The molecule has 0 aliphatic heterocycles. The van der Waals surface area contributed by atoms with Crippen molar-refractivity contribution in [3.8, 4) is 5.75 Å². The SMILES string of the molecule is Cc1cc(OCc2ccccc2)cc(C(O)CCCCc2ccccc2)c1. The molecule has 1 N–H and O–H groups in total. The Morgan fingerprint density at radius 2 is 1.48 bits per heavy atom. The van der Waals surface area contributed by atoms with Gasteiger partial charge >= 0.3 is 0 Å². The van der Waals surface area contributed by atoms with E-state index in [1.807, 2.05) is 43.3 Å². The molecule has 140 valence electrons. The smallest absolute Gasteiger partial charge is 0.120 e. The number of aryl methyl sites for hydroxylation is 2. The van der Waals surface area contributed by atoms with E-state index in [-0.39, 0.29) is 0 Å². The molecule has 0 radical (unpaired) electrons. The Balaban J connectivity index is 1.51. The van der Waals surface area contributed by atoms with Crippen LogP contribution in [-0.4, -0.2) is 5.11 Å². The van der Waals surface area contributed by atoms with Crippen LogP contribution in [0.2, 0.25) is 0 Å². The maximum absolute atomic E-state index is 10.6. The summed E-state index contributed by atoms with van der Waals surface area (Å²) in [6, 6.07) is 26.7. The summed E-state index contributed by atoms with van der Waals surface area (Å²) in [5.74, 6) is 0.817. The van der Waals surface area contributed by atoms with E-state index in [0.717, 1.165) is 48.1 Å². The third-order valence-electron chi connectivity index (χ3n) is 4.74. The average molecular weight is 360 g/mol. The Morgan fingerprint density at radius 3 is 2.19 bits per heavy atom. The number of aliphatic hydroxyl groups excluding tert-OH is 1. The zero-order valence-electron chi connectivity index (χ0n) is 16.0. The highest BCUT2D eigenvalue weighted by Crippen LogP contribution is 2.26. The quantitative estimate of drug-likeness (QED) is 0.473. The van der Waals surface area contributed by atoms with Gasteiger partial charge in [0, 0.05) is 0 Å². The molecule has 3 aromatic carbocycles. The lowest BCUT2D eigenvalue weighted by molar-refractivity contribution is 0.163. The van der Waals surface area contributed by atoms with Gasteiger partial charge in [-0.15, -0.1) is 0 Å². The molecule has 0 saturated heterocycles. The van der Waals surface area contributed by atoms with Crippen LogP contribution in [0.4, 0.5) is 0 Å². The summed E-state index contributed by atoms with van der Waals surface area (Å²) in [5, 5.41) is 10.6. The fourth-order valence-corrected chi connectivity index (χ4v) is 3.27. The van der Waals surface area contributed by atoms with Crippen LogP contribution in [0.25, 0.3) is 0 Å². The minimum Gasteiger partial charge on any atom is -0.489 e. The Bertz CT molecular complexity index is 812. The first-order valence-electron chi connectivity index (χ1n) is 9.71. The molecule has 0 saturated carbocycles. The van der Waals surface area contributed by atoms with Gasteiger partial charge in [-0.1, -0.05) is 73.2 Å². The monoisotopic (exact) mass is 360 g/mol. The van der Waals surface area contributed by atoms with Crippen molar-refractivity contribution in [2.45, 2.75) is 45.3 Å². The molecule has 0 aliphatic carbocycles. The van der Waals surface area contributed by atoms with Crippen LogP contribution < -0.4 is 4.74 Å². The van der Waals surface area contributed by atoms with Crippen LogP contribution in [0, 0.1) is 6.92 Å². The van der Waals surface area contributed by atoms with Crippen molar-refractivity contribution in [2.75, 3.05) is 0 Å². The van der Waals surface area contributed by atoms with Gasteiger partial charge in [-0.05, 0) is 60.6 Å². The molecule has 0 aromatic heterocycles. The first-order chi connectivity index (χ1) is 13.2. The molecule has 1 unspecified atom stereocenters. The lowest BCUT2D eigenvalue weighted by Gasteiger charge is -2.14. The van der Waals surface area contributed by atoms with E-state index in [0.29, 0.717) is 6.61 Å². The lowest BCUT2D eigenvalue weighted by atomic mass is 10.00. The van der Waals surface area contributed by atoms with E-state index < -0.39 is 6.10 Å². The van der Waals surface area contributed by atoms with Crippen molar-refractivity contribution < 1.29 is 9.84 Å². The third-order valence-corrected chi connectivity index (χ3v) is 4.74. The van der Waals surface area contributed by atoms with Crippen molar-refractivity contribution in [2.24, 2.45) is 0 Å². The topological polar surface area (TPSA) is 29.5 Å². The molecule has 3 rings (SSSR count). The van der Waals surface area contributed by atoms with Crippen molar-refractivity contribution in [3.05, 3.63) is 101 Å². The maximum Gasteiger partial charge on any atom is 0.120 e. The molecule has 3 aromatic rings. The zero-order valence-corrected chi connectivity index (χ0v) is 16.0. The molecular formula is C25H28O2. The maximum atomic E-state index is 10.6. The predicted octanol–water partition coefficient (Wildman–Crippen LogP) is 6.02. The van der Waals surface area contributed by atoms with Crippen LogP contribution in [0.3, 0.4) is 0 Å². The van der Waals surface area contributed by atoms with E-state index in [1.54, 1.807) is 0 Å². The largest absolute Gasteiger partial charge is 0.489 e. The molecule has 0 spiro atoms. The molecule has 0 fully saturated rings. The van der Waals surface area contributed by atoms with Crippen LogP contribution >= 0.6 is 0 Å². The highest BCUT2D eigenvalue weighted by atomic mass is 16.5. The minimum absolute atomic E-state index is 0.445. The van der Waals surface area contributed by atoms with Crippen molar-refractivity contribution in [1.82, 2.24) is 0 Å². The van der Waals surface area contributed by atoms with Gasteiger partial charge in [0.1, 0.15) is 12.4 Å². The summed E-state index contributed by atoms with van der Waals surface area (Å²) >= 11 is 0. The number of rotatable bonds is 9. The molecular weight excluding hydrogens is 332 g/mol. The van der Waals surface area contributed by atoms with E-state index in [1.165, 1.54) is 5.56 Å². The van der Waals surface area contributed by atoms with Gasteiger partial charge in [0.15, 0.2) is 0 Å². The summed E-state index contributed by atoms with van der Waals surface area (Å²) in [5.41, 5.74) is 4.55. The summed E-state index contributed by atoms with van der Waals surface area (Å²) in [7, 11) is 0. The second kappa shape index (κ2) is 9.94. The summed E-state index contributed by atoms with van der Waals surface area (Å²) < 4.78 is 5.94. The Morgan fingerprint density at radius 1 is 0.815 bits per heavy atom. The van der Waals surface area contributed by atoms with E-state index in [4.69, 9.17) is 4.74 Å². The number of benzene rings is 3. The summed E-state index contributed by atoms with van der Waals surface area (Å²) in [6.07, 6.45) is 3.48. The first kappa shape index (κ1) is 19.2. The van der Waals surface area contributed by atoms with Crippen molar-refractivity contribution in [1.29, 1.82) is 0 Å². The van der Waals surface area contributed by atoms with Crippen LogP contribution in [0.5, 0.6) is 5.75 Å². The van der Waals surface area contributed by atoms with Crippen LogP contribution in [-0.2, 0) is 13.0 Å². The van der Waals surface area contributed by atoms with Gasteiger partial charge in [-0.3, -0.25) is 0 Å². The molecule has 27 heavy (non-hydrogen) atoms. The number of hydrogen-bond acceptors (Lipinski definition) is 2. The second-order valence-corrected chi connectivity index (χ2v) is 7.10. The minimum atomic E-state index is -0.445. The molecule has 0 bridgehead atoms. The molecule has 1 atom stereocenters. The zero-order chi connectivity index (χ0) is 18.9. The van der Waals surface area contributed by atoms with Crippen molar-refractivity contribution >= 4 is 0 Å². The first-order valence-corrected chi connectivity index (χ1v) is 9.71. The van der Waals surface area contributed by atoms with E-state index in [2.05, 4.69) is 42.5 Å². The number of aliphatic hydroxyl groups is 1. The highest BCUT2D eigenvalue weighted by molar-refractivity contribution is 5.35. The van der Waals surface area contributed by atoms with E-state index >= 15 is 0 Å². The number of unbranched alkanes of at least 4 members (excludes halogenated alkanes) is 1. The normalized spacial score (nSPS) is 11.9. The average Bonchev–Trinajstić information content (AvgIpc) is 2.71. The molecule has 0 aliphatic rings. The Labute approximate surface area is 162 Å². The standard InChI is InChI=1S/C25H28O2/c1-20-16-23(18-24(17-20)27-19-22-13-6-3-7-14-22)25(26)15-9-8-12-21-10-4-2-5-11-21/h2-7,10-11,13-14,16-18,25-26H,8-9,12,15,19H2,1H3. The Hall–Kier alpha value is -2.58. The highest BCUT2D eigenvalue weighted by Gasteiger charge is 2.10. The van der Waals surface area contributed by atoms with Crippen LogP contribution in [0.1, 0.15) is 47.6 Å². The molecule has 0 amide bonds. The second-order valence-electron chi connectivity index (χ2n) is 7.10. The fourth-order valence-electron chi connectivity index (χ4n) is 3.27. The van der Waals surface area contributed by atoms with Gasteiger partial charge < -0.3 is 9.84 Å². The number of ether oxygens (including phenoxy) is 1. The van der Waals surface area contributed by atoms with Gasteiger partial charge in [0.05, 0.1) is 6.10 Å². The molecule has 2 nitrogen and oxygen atoms in total. The predicted molar refractivity (Wildman–Crippen MR) is 111 cm³/mol. The number of hydrogen-bond donors (Lipinski definition) is 1. The summed E-state index contributed by atoms with van der Waals surface area (Å²) in [6.45, 7) is 2.58. The fraction of sp³-hybridized carbons (Fsp3) is 0.280. The van der Waals surface area contributed by atoms with Crippen LogP contribution in [0.15, 0.2) is 78.9 Å².